The van der Waals surface area contributed by atoms with E-state index in [9.17, 15) is 9.59 Å². The van der Waals surface area contributed by atoms with Crippen LogP contribution in [0.2, 0.25) is 0 Å². The van der Waals surface area contributed by atoms with Gasteiger partial charge in [0, 0.05) is 0 Å². The standard InChI is InChI=1S/C19H36O4/c1-4-7-9-10-11-16-22-18(20)14-15-19(21)23-17(12-6-3)13-8-5-2/h17H,4-16H2,1-3H3. The predicted octanol–water partition coefficient (Wildman–Crippen LogP) is 5.18. The van der Waals surface area contributed by atoms with Crippen molar-refractivity contribution in [3.63, 3.8) is 0 Å². The zero-order valence-corrected chi connectivity index (χ0v) is 15.4. The molecule has 0 aromatic carbocycles. The van der Waals surface area contributed by atoms with Gasteiger partial charge in [-0.05, 0) is 19.3 Å². The van der Waals surface area contributed by atoms with Gasteiger partial charge in [-0.15, -0.1) is 0 Å². The Bertz CT molecular complexity index is 302. The van der Waals surface area contributed by atoms with E-state index in [1.54, 1.807) is 0 Å². The average Bonchev–Trinajstić information content (AvgIpc) is 2.54. The van der Waals surface area contributed by atoms with Crippen LogP contribution in [-0.4, -0.2) is 24.6 Å². The lowest BCUT2D eigenvalue weighted by Gasteiger charge is -2.16. The average molecular weight is 328 g/mol. The van der Waals surface area contributed by atoms with Crippen molar-refractivity contribution in [3.8, 4) is 0 Å². The molecule has 0 saturated carbocycles. The van der Waals surface area contributed by atoms with Gasteiger partial charge in [0.1, 0.15) is 6.10 Å². The summed E-state index contributed by atoms with van der Waals surface area (Å²) in [6, 6.07) is 0. The minimum atomic E-state index is -0.293. The first-order chi connectivity index (χ1) is 11.1. The van der Waals surface area contributed by atoms with E-state index in [-0.39, 0.29) is 30.9 Å². The number of ether oxygens (including phenoxy) is 2. The van der Waals surface area contributed by atoms with Crippen LogP contribution in [0, 0.1) is 0 Å². The monoisotopic (exact) mass is 328 g/mol. The second-order valence-corrected chi connectivity index (χ2v) is 6.18. The fourth-order valence-corrected chi connectivity index (χ4v) is 2.43. The van der Waals surface area contributed by atoms with Crippen LogP contribution in [-0.2, 0) is 19.1 Å². The number of rotatable bonds is 15. The largest absolute Gasteiger partial charge is 0.466 e. The highest BCUT2D eigenvalue weighted by Crippen LogP contribution is 2.12. The Labute approximate surface area is 142 Å². The van der Waals surface area contributed by atoms with Crippen molar-refractivity contribution in [1.82, 2.24) is 0 Å². The second-order valence-electron chi connectivity index (χ2n) is 6.18. The zero-order chi connectivity index (χ0) is 17.3. The number of hydrogen-bond acceptors (Lipinski definition) is 4. The van der Waals surface area contributed by atoms with Gasteiger partial charge in [0.25, 0.3) is 0 Å². The van der Waals surface area contributed by atoms with E-state index in [4.69, 9.17) is 9.47 Å². The molecule has 0 aliphatic carbocycles. The SMILES string of the molecule is CCCCCCCOC(=O)CCC(=O)OC(CCC)CCCC. The highest BCUT2D eigenvalue weighted by Gasteiger charge is 2.15. The van der Waals surface area contributed by atoms with Gasteiger partial charge >= 0.3 is 11.9 Å². The molecule has 4 nitrogen and oxygen atoms in total. The van der Waals surface area contributed by atoms with Gasteiger partial charge in [-0.25, -0.2) is 0 Å². The summed E-state index contributed by atoms with van der Waals surface area (Å²) in [6.07, 6.45) is 10.9. The first kappa shape index (κ1) is 21.9. The van der Waals surface area contributed by atoms with Gasteiger partial charge in [0.2, 0.25) is 0 Å². The molecule has 23 heavy (non-hydrogen) atoms. The molecule has 0 saturated heterocycles. The zero-order valence-electron chi connectivity index (χ0n) is 15.4. The quantitative estimate of drug-likeness (QED) is 0.307. The topological polar surface area (TPSA) is 52.6 Å². The van der Waals surface area contributed by atoms with E-state index >= 15 is 0 Å². The van der Waals surface area contributed by atoms with Crippen molar-refractivity contribution < 1.29 is 19.1 Å². The number of hydrogen-bond donors (Lipinski definition) is 0. The van der Waals surface area contributed by atoms with Crippen molar-refractivity contribution in [1.29, 1.82) is 0 Å². The van der Waals surface area contributed by atoms with Crippen molar-refractivity contribution in [2.75, 3.05) is 6.61 Å². The van der Waals surface area contributed by atoms with E-state index in [0.717, 1.165) is 44.9 Å². The molecular weight excluding hydrogens is 292 g/mol. The lowest BCUT2D eigenvalue weighted by atomic mass is 10.1. The minimum Gasteiger partial charge on any atom is -0.466 e. The van der Waals surface area contributed by atoms with Crippen molar-refractivity contribution in [2.45, 2.75) is 104 Å². The number of esters is 2. The number of carbonyl (C=O) groups excluding carboxylic acids is 2. The maximum Gasteiger partial charge on any atom is 0.306 e. The first-order valence-electron chi connectivity index (χ1n) is 9.49. The van der Waals surface area contributed by atoms with E-state index in [1.165, 1.54) is 19.3 Å². The van der Waals surface area contributed by atoms with Crippen LogP contribution in [0.15, 0.2) is 0 Å². The first-order valence-corrected chi connectivity index (χ1v) is 9.49. The smallest absolute Gasteiger partial charge is 0.306 e. The van der Waals surface area contributed by atoms with Crippen LogP contribution in [0.4, 0.5) is 0 Å². The van der Waals surface area contributed by atoms with Gasteiger partial charge in [0.05, 0.1) is 19.4 Å². The Morgan fingerprint density at radius 3 is 2.04 bits per heavy atom. The molecule has 1 atom stereocenters. The lowest BCUT2D eigenvalue weighted by molar-refractivity contribution is -0.154. The minimum absolute atomic E-state index is 0.00189. The van der Waals surface area contributed by atoms with Crippen LogP contribution in [0.25, 0.3) is 0 Å². The summed E-state index contributed by atoms with van der Waals surface area (Å²) in [5.41, 5.74) is 0. The molecule has 4 heteroatoms. The molecule has 0 fully saturated rings. The van der Waals surface area contributed by atoms with Crippen LogP contribution in [0.1, 0.15) is 97.8 Å². The summed E-state index contributed by atoms with van der Waals surface area (Å²) >= 11 is 0. The van der Waals surface area contributed by atoms with Crippen molar-refractivity contribution >= 4 is 11.9 Å². The highest BCUT2D eigenvalue weighted by molar-refractivity contribution is 5.77. The molecule has 0 aromatic heterocycles. The summed E-state index contributed by atoms with van der Waals surface area (Å²) < 4.78 is 10.6. The molecule has 0 aliphatic heterocycles. The van der Waals surface area contributed by atoms with Crippen molar-refractivity contribution in [2.24, 2.45) is 0 Å². The summed E-state index contributed by atoms with van der Waals surface area (Å²) in [7, 11) is 0. The molecule has 0 heterocycles. The van der Waals surface area contributed by atoms with Crippen molar-refractivity contribution in [3.05, 3.63) is 0 Å². The van der Waals surface area contributed by atoms with E-state index in [1.807, 2.05) is 0 Å². The molecule has 0 radical (unpaired) electrons. The van der Waals surface area contributed by atoms with E-state index < -0.39 is 0 Å². The van der Waals surface area contributed by atoms with Crippen LogP contribution in [0.3, 0.4) is 0 Å². The van der Waals surface area contributed by atoms with E-state index in [2.05, 4.69) is 20.8 Å². The molecule has 0 amide bonds. The fraction of sp³-hybridized carbons (Fsp3) is 0.895. The molecule has 0 aromatic rings. The molecule has 0 N–H and O–H groups in total. The predicted molar refractivity (Wildman–Crippen MR) is 93.3 cm³/mol. The number of carbonyl (C=O) groups is 2. The third-order valence-corrected chi connectivity index (χ3v) is 3.83. The molecule has 0 bridgehead atoms. The Morgan fingerprint density at radius 2 is 1.39 bits per heavy atom. The Hall–Kier alpha value is -1.06. The fourth-order valence-electron chi connectivity index (χ4n) is 2.43. The maximum absolute atomic E-state index is 11.8. The third kappa shape index (κ3) is 14.3. The maximum atomic E-state index is 11.8. The molecular formula is C19H36O4. The summed E-state index contributed by atoms with van der Waals surface area (Å²) in [6.45, 7) is 6.85. The van der Waals surface area contributed by atoms with Gasteiger partial charge in [-0.3, -0.25) is 9.59 Å². The number of unbranched alkanes of at least 4 members (excludes halogenated alkanes) is 5. The van der Waals surface area contributed by atoms with Crippen LogP contribution in [0.5, 0.6) is 0 Å². The van der Waals surface area contributed by atoms with Gasteiger partial charge < -0.3 is 9.47 Å². The Morgan fingerprint density at radius 1 is 0.739 bits per heavy atom. The molecule has 0 rings (SSSR count). The summed E-state index contributed by atoms with van der Waals surface area (Å²) in [4.78, 5) is 23.4. The molecule has 1 unspecified atom stereocenters. The van der Waals surface area contributed by atoms with Gasteiger partial charge in [-0.2, -0.15) is 0 Å². The van der Waals surface area contributed by atoms with Crippen LogP contribution < -0.4 is 0 Å². The van der Waals surface area contributed by atoms with E-state index in [0.29, 0.717) is 6.61 Å². The van der Waals surface area contributed by atoms with Gasteiger partial charge in [-0.1, -0.05) is 65.7 Å². The normalized spacial score (nSPS) is 12.0. The third-order valence-electron chi connectivity index (χ3n) is 3.83. The van der Waals surface area contributed by atoms with Gasteiger partial charge in [0.15, 0.2) is 0 Å². The molecule has 136 valence electrons. The Kier molecular flexibility index (Phi) is 15.1. The van der Waals surface area contributed by atoms with Crippen LogP contribution >= 0.6 is 0 Å². The second kappa shape index (κ2) is 15.8. The Balaban J connectivity index is 3.74. The highest BCUT2D eigenvalue weighted by atomic mass is 16.5. The molecule has 0 aliphatic rings. The molecule has 0 spiro atoms. The summed E-state index contributed by atoms with van der Waals surface area (Å²) in [5.74, 6) is -0.572. The summed E-state index contributed by atoms with van der Waals surface area (Å²) in [5, 5.41) is 0. The lowest BCUT2D eigenvalue weighted by Crippen LogP contribution is -2.19.